The van der Waals surface area contributed by atoms with E-state index in [9.17, 15) is 0 Å². The predicted molar refractivity (Wildman–Crippen MR) is 70.1 cm³/mol. The lowest BCUT2D eigenvalue weighted by molar-refractivity contribution is 0.220. The molecule has 18 heavy (non-hydrogen) atoms. The molecule has 2 atom stereocenters. The van der Waals surface area contributed by atoms with Crippen molar-refractivity contribution in [1.29, 1.82) is 0 Å². The lowest BCUT2D eigenvalue weighted by Gasteiger charge is -2.09. The molecule has 0 spiro atoms. The van der Waals surface area contributed by atoms with Gasteiger partial charge in [-0.1, -0.05) is 18.2 Å². The third-order valence-electron chi connectivity index (χ3n) is 3.19. The first-order chi connectivity index (χ1) is 8.81. The smallest absolute Gasteiger partial charge is 0.158 e. The minimum atomic E-state index is 0.258. The van der Waals surface area contributed by atoms with Crippen LogP contribution in [0.2, 0.25) is 0 Å². The molecule has 0 amide bonds. The van der Waals surface area contributed by atoms with E-state index in [0.717, 1.165) is 24.4 Å². The van der Waals surface area contributed by atoms with Gasteiger partial charge in [-0.3, -0.25) is 0 Å². The van der Waals surface area contributed by atoms with Crippen molar-refractivity contribution >= 4 is 0 Å². The van der Waals surface area contributed by atoms with Gasteiger partial charge < -0.3 is 10.1 Å². The number of benzene rings is 1. The summed E-state index contributed by atoms with van der Waals surface area (Å²) in [6, 6.07) is 10.6. The van der Waals surface area contributed by atoms with E-state index in [1.54, 1.807) is 6.20 Å². The van der Waals surface area contributed by atoms with Crippen LogP contribution in [0, 0.1) is 0 Å². The first kappa shape index (κ1) is 11.3. The standard InChI is InChI=1S/C14H17N3O/c1-11-7-13(8-15-11)18-14-9-16-17(10-14)12-5-3-2-4-6-12/h2-6,9-11,13,15H,7-8H2,1H3/t11-,13+/m0/s1. The zero-order valence-corrected chi connectivity index (χ0v) is 10.4. The van der Waals surface area contributed by atoms with Crippen LogP contribution in [-0.4, -0.2) is 28.5 Å². The summed E-state index contributed by atoms with van der Waals surface area (Å²) in [4.78, 5) is 0. The van der Waals surface area contributed by atoms with E-state index in [0.29, 0.717) is 6.04 Å². The van der Waals surface area contributed by atoms with Gasteiger partial charge in [0.1, 0.15) is 6.10 Å². The highest BCUT2D eigenvalue weighted by Crippen LogP contribution is 2.18. The maximum absolute atomic E-state index is 5.90. The topological polar surface area (TPSA) is 39.1 Å². The van der Waals surface area contributed by atoms with E-state index in [-0.39, 0.29) is 6.10 Å². The fourth-order valence-corrected chi connectivity index (χ4v) is 2.26. The second-order valence-electron chi connectivity index (χ2n) is 4.74. The fourth-order valence-electron chi connectivity index (χ4n) is 2.26. The van der Waals surface area contributed by atoms with E-state index in [4.69, 9.17) is 4.74 Å². The predicted octanol–water partition coefficient (Wildman–Crippen LogP) is 2.00. The molecule has 1 aromatic heterocycles. The fraction of sp³-hybridized carbons (Fsp3) is 0.357. The van der Waals surface area contributed by atoms with Crippen LogP contribution >= 0.6 is 0 Å². The van der Waals surface area contributed by atoms with Gasteiger partial charge in [0.25, 0.3) is 0 Å². The normalized spacial score (nSPS) is 23.2. The number of para-hydroxylation sites is 1. The Morgan fingerprint density at radius 2 is 2.17 bits per heavy atom. The summed E-state index contributed by atoms with van der Waals surface area (Å²) >= 11 is 0. The van der Waals surface area contributed by atoms with Gasteiger partial charge in [-0.25, -0.2) is 4.68 Å². The third kappa shape index (κ3) is 2.38. The average Bonchev–Trinajstić information content (AvgIpc) is 3.01. The molecule has 4 nitrogen and oxygen atoms in total. The van der Waals surface area contributed by atoms with Crippen molar-refractivity contribution in [3.63, 3.8) is 0 Å². The van der Waals surface area contributed by atoms with Gasteiger partial charge in [0, 0.05) is 19.0 Å². The van der Waals surface area contributed by atoms with Gasteiger partial charge >= 0.3 is 0 Å². The van der Waals surface area contributed by atoms with Crippen molar-refractivity contribution in [1.82, 2.24) is 15.1 Å². The van der Waals surface area contributed by atoms with Crippen molar-refractivity contribution in [2.75, 3.05) is 6.54 Å². The van der Waals surface area contributed by atoms with Crippen molar-refractivity contribution in [3.05, 3.63) is 42.7 Å². The first-order valence-corrected chi connectivity index (χ1v) is 6.31. The van der Waals surface area contributed by atoms with Crippen LogP contribution in [0.4, 0.5) is 0 Å². The van der Waals surface area contributed by atoms with Crippen molar-refractivity contribution in [2.45, 2.75) is 25.5 Å². The van der Waals surface area contributed by atoms with Crippen molar-refractivity contribution < 1.29 is 4.74 Å². The molecule has 1 aliphatic heterocycles. The molecular formula is C14H17N3O. The Kier molecular flexibility index (Phi) is 3.02. The summed E-state index contributed by atoms with van der Waals surface area (Å²) in [6.45, 7) is 3.09. The number of hydrogen-bond donors (Lipinski definition) is 1. The van der Waals surface area contributed by atoms with Gasteiger partial charge in [-0.2, -0.15) is 5.10 Å². The SMILES string of the molecule is C[C@H]1C[C@@H](Oc2cnn(-c3ccccc3)c2)CN1. The monoisotopic (exact) mass is 243 g/mol. The van der Waals surface area contributed by atoms with E-state index in [1.165, 1.54) is 0 Å². The summed E-state index contributed by atoms with van der Waals surface area (Å²) in [5.41, 5.74) is 1.05. The second kappa shape index (κ2) is 4.82. The molecule has 4 heteroatoms. The second-order valence-corrected chi connectivity index (χ2v) is 4.74. The highest BCUT2D eigenvalue weighted by atomic mass is 16.5. The van der Waals surface area contributed by atoms with Crippen LogP contribution in [0.25, 0.3) is 5.69 Å². The quantitative estimate of drug-likeness (QED) is 0.896. The van der Waals surface area contributed by atoms with Crippen LogP contribution in [0.1, 0.15) is 13.3 Å². The molecule has 0 unspecified atom stereocenters. The molecule has 0 aliphatic carbocycles. The molecule has 0 saturated carbocycles. The van der Waals surface area contributed by atoms with Crippen LogP contribution in [0.15, 0.2) is 42.7 Å². The van der Waals surface area contributed by atoms with E-state index in [2.05, 4.69) is 17.3 Å². The number of ether oxygens (including phenoxy) is 1. The van der Waals surface area contributed by atoms with Crippen LogP contribution in [-0.2, 0) is 0 Å². The summed E-state index contributed by atoms with van der Waals surface area (Å²) in [5, 5.41) is 7.69. The minimum Gasteiger partial charge on any atom is -0.486 e. The van der Waals surface area contributed by atoms with Gasteiger partial charge in [-0.05, 0) is 19.1 Å². The van der Waals surface area contributed by atoms with Crippen molar-refractivity contribution in [2.24, 2.45) is 0 Å². The lowest BCUT2D eigenvalue weighted by Crippen LogP contribution is -2.20. The van der Waals surface area contributed by atoms with Gasteiger partial charge in [0.05, 0.1) is 18.1 Å². The first-order valence-electron chi connectivity index (χ1n) is 6.31. The maximum Gasteiger partial charge on any atom is 0.158 e. The van der Waals surface area contributed by atoms with E-state index >= 15 is 0 Å². The molecule has 3 rings (SSSR count). The summed E-state index contributed by atoms with van der Waals surface area (Å²) in [5.74, 6) is 0.833. The Hall–Kier alpha value is -1.81. The van der Waals surface area contributed by atoms with E-state index in [1.807, 2.05) is 41.2 Å². The van der Waals surface area contributed by atoms with Gasteiger partial charge in [0.2, 0.25) is 0 Å². The van der Waals surface area contributed by atoms with Crippen LogP contribution in [0.3, 0.4) is 0 Å². The lowest BCUT2D eigenvalue weighted by atomic mass is 10.2. The highest BCUT2D eigenvalue weighted by molar-refractivity contribution is 5.32. The number of nitrogens with one attached hydrogen (secondary N) is 1. The highest BCUT2D eigenvalue weighted by Gasteiger charge is 2.22. The van der Waals surface area contributed by atoms with Crippen LogP contribution < -0.4 is 10.1 Å². The molecule has 0 bridgehead atoms. The Labute approximate surface area is 107 Å². The third-order valence-corrected chi connectivity index (χ3v) is 3.19. The Balaban J connectivity index is 1.70. The Morgan fingerprint density at radius 3 is 2.89 bits per heavy atom. The molecule has 1 saturated heterocycles. The summed E-state index contributed by atoms with van der Waals surface area (Å²) in [7, 11) is 0. The van der Waals surface area contributed by atoms with Gasteiger partial charge in [0.15, 0.2) is 5.75 Å². The van der Waals surface area contributed by atoms with Gasteiger partial charge in [-0.15, -0.1) is 0 Å². The molecule has 94 valence electrons. The molecule has 1 aromatic carbocycles. The molecule has 1 fully saturated rings. The largest absolute Gasteiger partial charge is 0.486 e. The average molecular weight is 243 g/mol. The zero-order chi connectivity index (χ0) is 12.4. The minimum absolute atomic E-state index is 0.258. The zero-order valence-electron chi connectivity index (χ0n) is 10.4. The number of hydrogen-bond acceptors (Lipinski definition) is 3. The van der Waals surface area contributed by atoms with E-state index < -0.39 is 0 Å². The molecule has 0 radical (unpaired) electrons. The van der Waals surface area contributed by atoms with Crippen LogP contribution in [0.5, 0.6) is 5.75 Å². The van der Waals surface area contributed by atoms with Crippen molar-refractivity contribution in [3.8, 4) is 11.4 Å². The molecule has 1 N–H and O–H groups in total. The molecule has 1 aliphatic rings. The molecule has 2 heterocycles. The summed E-state index contributed by atoms with van der Waals surface area (Å²) < 4.78 is 7.74. The Bertz CT molecular complexity index is 509. The maximum atomic E-state index is 5.90. The number of aromatic nitrogens is 2. The molecular weight excluding hydrogens is 226 g/mol. The number of rotatable bonds is 3. The Morgan fingerprint density at radius 1 is 1.33 bits per heavy atom. The number of nitrogens with zero attached hydrogens (tertiary/aromatic N) is 2. The summed E-state index contributed by atoms with van der Waals surface area (Å²) in [6.07, 6.45) is 5.01. The molecule has 2 aromatic rings.